The Morgan fingerprint density at radius 3 is 2.65 bits per heavy atom. The zero-order valence-corrected chi connectivity index (χ0v) is 13.5. The predicted octanol–water partition coefficient (Wildman–Crippen LogP) is 4.84. The molecule has 0 heterocycles. The van der Waals surface area contributed by atoms with E-state index < -0.39 is 0 Å². The van der Waals surface area contributed by atoms with Crippen molar-refractivity contribution in [2.24, 2.45) is 0 Å². The Hall–Kier alpha value is -0.960. The van der Waals surface area contributed by atoms with Crippen LogP contribution in [0.15, 0.2) is 48.5 Å². The fourth-order valence-corrected chi connectivity index (χ4v) is 3.60. The van der Waals surface area contributed by atoms with Crippen LogP contribution in [0.25, 0.3) is 0 Å². The highest BCUT2D eigenvalue weighted by Crippen LogP contribution is 2.25. The lowest BCUT2D eigenvalue weighted by Crippen LogP contribution is -2.18. The van der Waals surface area contributed by atoms with Crippen molar-refractivity contribution < 1.29 is 0 Å². The topological polar surface area (TPSA) is 12.0 Å². The second-order valence-corrected chi connectivity index (χ2v) is 6.30. The molecule has 0 aliphatic heterocycles. The van der Waals surface area contributed by atoms with Crippen molar-refractivity contribution in [1.82, 2.24) is 5.32 Å². The van der Waals surface area contributed by atoms with Crippen LogP contribution in [-0.4, -0.2) is 12.8 Å². The lowest BCUT2D eigenvalue weighted by atomic mass is 10.1. The van der Waals surface area contributed by atoms with E-state index >= 15 is 0 Å². The highest BCUT2D eigenvalue weighted by atomic mass is 35.5. The second kappa shape index (κ2) is 7.72. The summed E-state index contributed by atoms with van der Waals surface area (Å²) >= 11 is 8.09. The van der Waals surface area contributed by atoms with E-state index in [0.29, 0.717) is 6.04 Å². The van der Waals surface area contributed by atoms with Gasteiger partial charge in [-0.2, -0.15) is 11.8 Å². The van der Waals surface area contributed by atoms with Gasteiger partial charge in [0.15, 0.2) is 0 Å². The van der Waals surface area contributed by atoms with Crippen LogP contribution in [0.1, 0.15) is 22.7 Å². The Bertz CT molecular complexity index is 556. The molecule has 1 nitrogen and oxygen atoms in total. The fourth-order valence-electron chi connectivity index (χ4n) is 2.14. The maximum absolute atomic E-state index is 6.18. The molecule has 0 saturated heterocycles. The maximum Gasteiger partial charge on any atom is 0.0446 e. The first-order valence-corrected chi connectivity index (χ1v) is 8.29. The number of rotatable bonds is 6. The van der Waals surface area contributed by atoms with Crippen LogP contribution in [0.5, 0.6) is 0 Å². The van der Waals surface area contributed by atoms with Crippen LogP contribution in [0, 0.1) is 6.92 Å². The quantitative estimate of drug-likeness (QED) is 0.819. The average molecular weight is 306 g/mol. The number of benzene rings is 2. The summed E-state index contributed by atoms with van der Waals surface area (Å²) in [4.78, 5) is 0. The summed E-state index contributed by atoms with van der Waals surface area (Å²) < 4.78 is 0. The molecule has 1 unspecified atom stereocenters. The summed E-state index contributed by atoms with van der Waals surface area (Å²) in [5.41, 5.74) is 3.86. The Morgan fingerprint density at radius 2 is 1.95 bits per heavy atom. The molecular weight excluding hydrogens is 286 g/mol. The number of hydrogen-bond donors (Lipinski definition) is 1. The van der Waals surface area contributed by atoms with Gasteiger partial charge in [0.05, 0.1) is 0 Å². The van der Waals surface area contributed by atoms with E-state index in [1.54, 1.807) is 0 Å². The monoisotopic (exact) mass is 305 g/mol. The molecule has 20 heavy (non-hydrogen) atoms. The Morgan fingerprint density at radius 1 is 1.15 bits per heavy atom. The third-order valence-corrected chi connectivity index (χ3v) is 4.75. The largest absolute Gasteiger partial charge is 0.312 e. The van der Waals surface area contributed by atoms with Gasteiger partial charge in [0.25, 0.3) is 0 Å². The van der Waals surface area contributed by atoms with E-state index in [2.05, 4.69) is 42.6 Å². The first kappa shape index (κ1) is 15.4. The molecule has 2 rings (SSSR count). The van der Waals surface area contributed by atoms with Gasteiger partial charge in [-0.05, 0) is 31.2 Å². The molecule has 0 spiro atoms. The molecule has 0 aliphatic rings. The van der Waals surface area contributed by atoms with Gasteiger partial charge >= 0.3 is 0 Å². The van der Waals surface area contributed by atoms with Crippen molar-refractivity contribution in [3.63, 3.8) is 0 Å². The van der Waals surface area contributed by atoms with Crippen LogP contribution in [0.4, 0.5) is 0 Å². The maximum atomic E-state index is 6.18. The molecule has 1 atom stereocenters. The highest BCUT2D eigenvalue weighted by Gasteiger charge is 2.09. The number of halogens is 1. The van der Waals surface area contributed by atoms with Crippen molar-refractivity contribution in [2.75, 3.05) is 12.8 Å². The normalized spacial score (nSPS) is 12.3. The van der Waals surface area contributed by atoms with Crippen LogP contribution in [0.3, 0.4) is 0 Å². The smallest absolute Gasteiger partial charge is 0.0446 e. The second-order valence-electron chi connectivity index (χ2n) is 4.86. The molecule has 2 aromatic carbocycles. The molecule has 0 amide bonds. The third kappa shape index (κ3) is 4.27. The summed E-state index contributed by atoms with van der Waals surface area (Å²) in [6.07, 6.45) is 0. The van der Waals surface area contributed by atoms with E-state index in [0.717, 1.165) is 16.5 Å². The molecular formula is C17H20ClNS. The van der Waals surface area contributed by atoms with Gasteiger partial charge in [0.1, 0.15) is 0 Å². The van der Waals surface area contributed by atoms with E-state index in [1.165, 1.54) is 16.7 Å². The number of aryl methyl sites for hydroxylation is 1. The average Bonchev–Trinajstić information content (AvgIpc) is 2.45. The molecule has 106 valence electrons. The van der Waals surface area contributed by atoms with Crippen LogP contribution < -0.4 is 5.32 Å². The van der Waals surface area contributed by atoms with Crippen LogP contribution in [0.2, 0.25) is 5.02 Å². The summed E-state index contributed by atoms with van der Waals surface area (Å²) in [7, 11) is 2.02. The Kier molecular flexibility index (Phi) is 5.96. The fraction of sp³-hybridized carbons (Fsp3) is 0.294. The summed E-state index contributed by atoms with van der Waals surface area (Å²) in [5.74, 6) is 1.98. The number of nitrogens with one attached hydrogen (secondary N) is 1. The summed E-state index contributed by atoms with van der Waals surface area (Å²) in [6.45, 7) is 2.13. The number of hydrogen-bond acceptors (Lipinski definition) is 2. The SMILES string of the molecule is CNC(CSCc1ccccc1Cl)c1cccc(C)c1. The zero-order valence-electron chi connectivity index (χ0n) is 11.9. The molecule has 0 saturated carbocycles. The Labute approximate surface area is 130 Å². The summed E-state index contributed by atoms with van der Waals surface area (Å²) in [6, 6.07) is 17.1. The van der Waals surface area contributed by atoms with E-state index in [9.17, 15) is 0 Å². The van der Waals surface area contributed by atoms with E-state index in [1.807, 2.05) is 37.0 Å². The van der Waals surface area contributed by atoms with Gasteiger partial charge < -0.3 is 5.32 Å². The van der Waals surface area contributed by atoms with Gasteiger partial charge in [0, 0.05) is 22.6 Å². The molecule has 0 aromatic heterocycles. The van der Waals surface area contributed by atoms with Gasteiger partial charge in [-0.25, -0.2) is 0 Å². The minimum absolute atomic E-state index is 0.377. The molecule has 1 N–H and O–H groups in total. The number of thioether (sulfide) groups is 1. The first-order chi connectivity index (χ1) is 9.70. The molecule has 0 aliphatic carbocycles. The standard InChI is InChI=1S/C17H20ClNS/c1-13-6-5-8-14(10-13)17(19-2)12-20-11-15-7-3-4-9-16(15)18/h3-10,17,19H,11-12H2,1-2H3. The molecule has 0 radical (unpaired) electrons. The van der Waals surface area contributed by atoms with Gasteiger partial charge in [-0.1, -0.05) is 59.6 Å². The van der Waals surface area contributed by atoms with E-state index in [4.69, 9.17) is 11.6 Å². The first-order valence-electron chi connectivity index (χ1n) is 6.75. The highest BCUT2D eigenvalue weighted by molar-refractivity contribution is 7.98. The molecule has 2 aromatic rings. The van der Waals surface area contributed by atoms with Crippen molar-refractivity contribution in [3.05, 3.63) is 70.2 Å². The minimum Gasteiger partial charge on any atom is -0.312 e. The van der Waals surface area contributed by atoms with Gasteiger partial charge in [0.2, 0.25) is 0 Å². The molecule has 0 fully saturated rings. The van der Waals surface area contributed by atoms with Crippen molar-refractivity contribution in [2.45, 2.75) is 18.7 Å². The Balaban J connectivity index is 1.93. The van der Waals surface area contributed by atoms with Crippen molar-refractivity contribution >= 4 is 23.4 Å². The van der Waals surface area contributed by atoms with Gasteiger partial charge in [-0.3, -0.25) is 0 Å². The van der Waals surface area contributed by atoms with Crippen LogP contribution >= 0.6 is 23.4 Å². The predicted molar refractivity (Wildman–Crippen MR) is 90.6 cm³/mol. The van der Waals surface area contributed by atoms with Crippen molar-refractivity contribution in [1.29, 1.82) is 0 Å². The third-order valence-electron chi connectivity index (χ3n) is 3.29. The lowest BCUT2D eigenvalue weighted by molar-refractivity contribution is 0.661. The molecule has 0 bridgehead atoms. The minimum atomic E-state index is 0.377. The van der Waals surface area contributed by atoms with E-state index in [-0.39, 0.29) is 0 Å². The lowest BCUT2D eigenvalue weighted by Gasteiger charge is -2.17. The van der Waals surface area contributed by atoms with Crippen molar-refractivity contribution in [3.8, 4) is 0 Å². The zero-order chi connectivity index (χ0) is 14.4. The summed E-state index contributed by atoms with van der Waals surface area (Å²) in [5, 5.41) is 4.25. The molecule has 3 heteroatoms. The van der Waals surface area contributed by atoms with Gasteiger partial charge in [-0.15, -0.1) is 0 Å². The van der Waals surface area contributed by atoms with Crippen LogP contribution in [-0.2, 0) is 5.75 Å².